The molecule has 0 bridgehead atoms. The number of para-hydroxylation sites is 1. The Hall–Kier alpha value is -1.65. The summed E-state index contributed by atoms with van der Waals surface area (Å²) in [6, 6.07) is 9.20. The van der Waals surface area contributed by atoms with Gasteiger partial charge in [-0.3, -0.25) is 4.79 Å². The van der Waals surface area contributed by atoms with E-state index in [2.05, 4.69) is 48.8 Å². The Kier molecular flexibility index (Phi) is 5.14. The van der Waals surface area contributed by atoms with Crippen molar-refractivity contribution in [2.45, 2.75) is 52.0 Å². The fourth-order valence-corrected chi connectivity index (χ4v) is 5.42. The van der Waals surface area contributed by atoms with Crippen molar-refractivity contribution < 1.29 is 9.69 Å². The summed E-state index contributed by atoms with van der Waals surface area (Å²) in [5.74, 6) is 0.945. The Labute approximate surface area is 160 Å². The number of carbonyl (C=O) groups excluding carboxylic acids is 1. The van der Waals surface area contributed by atoms with E-state index in [4.69, 9.17) is 0 Å². The molecule has 1 fully saturated rings. The van der Waals surface area contributed by atoms with E-state index in [1.165, 1.54) is 34.4 Å². The lowest BCUT2D eigenvalue weighted by Gasteiger charge is -2.32. The van der Waals surface area contributed by atoms with Crippen molar-refractivity contribution in [2.75, 3.05) is 18.4 Å². The third-order valence-corrected chi connectivity index (χ3v) is 6.97. The highest BCUT2D eigenvalue weighted by Gasteiger charge is 2.43. The van der Waals surface area contributed by atoms with Crippen LogP contribution in [0.25, 0.3) is 0 Å². The number of amides is 1. The zero-order valence-corrected chi connectivity index (χ0v) is 16.6. The van der Waals surface area contributed by atoms with Crippen LogP contribution in [-0.4, -0.2) is 19.0 Å². The normalized spacial score (nSPS) is 22.1. The van der Waals surface area contributed by atoms with E-state index in [1.54, 1.807) is 4.88 Å². The SMILES string of the molecule is CCc1cccc(CC)c1NC(=O)C[NH+]1CCc2sccc2[C@H]1C1CC1. The molecule has 1 aliphatic heterocycles. The van der Waals surface area contributed by atoms with Crippen LogP contribution in [-0.2, 0) is 24.1 Å². The molecule has 2 N–H and O–H groups in total. The van der Waals surface area contributed by atoms with Crippen LogP contribution in [0.1, 0.15) is 54.3 Å². The first-order valence-corrected chi connectivity index (χ1v) is 10.9. The molecule has 138 valence electrons. The molecule has 2 heterocycles. The number of hydrogen-bond donors (Lipinski definition) is 2. The minimum Gasteiger partial charge on any atom is -0.321 e. The summed E-state index contributed by atoms with van der Waals surface area (Å²) >= 11 is 1.89. The fraction of sp³-hybridized carbons (Fsp3) is 0.500. The minimum absolute atomic E-state index is 0.167. The molecule has 1 amide bonds. The molecule has 0 saturated heterocycles. The van der Waals surface area contributed by atoms with Gasteiger partial charge in [-0.2, -0.15) is 0 Å². The molecule has 26 heavy (non-hydrogen) atoms. The smallest absolute Gasteiger partial charge is 0.279 e. The molecule has 3 nitrogen and oxygen atoms in total. The predicted molar refractivity (Wildman–Crippen MR) is 108 cm³/mol. The highest BCUT2D eigenvalue weighted by atomic mass is 32.1. The van der Waals surface area contributed by atoms with E-state index in [0.717, 1.165) is 37.4 Å². The second-order valence-corrected chi connectivity index (χ2v) is 8.66. The van der Waals surface area contributed by atoms with Gasteiger partial charge in [0.25, 0.3) is 5.91 Å². The number of carbonyl (C=O) groups is 1. The topological polar surface area (TPSA) is 33.5 Å². The Morgan fingerprint density at radius 3 is 2.58 bits per heavy atom. The van der Waals surface area contributed by atoms with Gasteiger partial charge < -0.3 is 10.2 Å². The summed E-state index contributed by atoms with van der Waals surface area (Å²) < 4.78 is 0. The van der Waals surface area contributed by atoms with Gasteiger partial charge in [0, 0.05) is 28.5 Å². The van der Waals surface area contributed by atoms with Gasteiger partial charge in [0.1, 0.15) is 6.04 Å². The summed E-state index contributed by atoms with van der Waals surface area (Å²) in [4.78, 5) is 15.9. The van der Waals surface area contributed by atoms with Gasteiger partial charge in [0.15, 0.2) is 6.54 Å². The molecule has 1 aromatic heterocycles. The molecule has 1 aliphatic carbocycles. The van der Waals surface area contributed by atoms with Gasteiger partial charge >= 0.3 is 0 Å². The lowest BCUT2D eigenvalue weighted by Crippen LogP contribution is -3.14. The van der Waals surface area contributed by atoms with Crippen LogP contribution in [0, 0.1) is 5.92 Å². The van der Waals surface area contributed by atoms with E-state index in [0.29, 0.717) is 12.6 Å². The molecule has 4 heteroatoms. The van der Waals surface area contributed by atoms with Crippen LogP contribution in [0.2, 0.25) is 0 Å². The minimum atomic E-state index is 0.167. The molecule has 1 saturated carbocycles. The van der Waals surface area contributed by atoms with Crippen LogP contribution in [0.5, 0.6) is 0 Å². The van der Waals surface area contributed by atoms with Crippen molar-refractivity contribution in [3.05, 3.63) is 51.2 Å². The average molecular weight is 370 g/mol. The van der Waals surface area contributed by atoms with Gasteiger partial charge in [0.2, 0.25) is 0 Å². The zero-order chi connectivity index (χ0) is 18.1. The fourth-order valence-electron chi connectivity index (χ4n) is 4.49. The van der Waals surface area contributed by atoms with Gasteiger partial charge in [-0.25, -0.2) is 0 Å². The van der Waals surface area contributed by atoms with Crippen molar-refractivity contribution in [1.29, 1.82) is 0 Å². The number of fused-ring (bicyclic) bond motifs is 1. The first kappa shape index (κ1) is 17.7. The monoisotopic (exact) mass is 369 g/mol. The molecule has 4 rings (SSSR count). The summed E-state index contributed by atoms with van der Waals surface area (Å²) in [5.41, 5.74) is 5.06. The number of hydrogen-bond acceptors (Lipinski definition) is 2. The molecule has 0 radical (unpaired) electrons. The van der Waals surface area contributed by atoms with Crippen LogP contribution < -0.4 is 10.2 Å². The van der Waals surface area contributed by atoms with Crippen molar-refractivity contribution in [3.63, 3.8) is 0 Å². The molecule has 1 aromatic carbocycles. The van der Waals surface area contributed by atoms with Crippen LogP contribution >= 0.6 is 11.3 Å². The van der Waals surface area contributed by atoms with Gasteiger partial charge in [-0.1, -0.05) is 32.0 Å². The molecule has 2 aliphatic rings. The Balaban J connectivity index is 1.50. The summed E-state index contributed by atoms with van der Waals surface area (Å²) in [6.45, 7) is 5.97. The Morgan fingerprint density at radius 1 is 1.19 bits per heavy atom. The molecule has 2 aromatic rings. The quantitative estimate of drug-likeness (QED) is 0.804. The largest absolute Gasteiger partial charge is 0.321 e. The molecule has 2 atom stereocenters. The second kappa shape index (κ2) is 7.53. The van der Waals surface area contributed by atoms with Gasteiger partial charge in [0.05, 0.1) is 6.54 Å². The Morgan fingerprint density at radius 2 is 1.92 bits per heavy atom. The van der Waals surface area contributed by atoms with Crippen molar-refractivity contribution >= 4 is 22.9 Å². The number of anilines is 1. The average Bonchev–Trinajstić information content (AvgIpc) is 3.37. The van der Waals surface area contributed by atoms with Crippen LogP contribution in [0.4, 0.5) is 5.69 Å². The molecular formula is C22H29N2OS+. The van der Waals surface area contributed by atoms with E-state index < -0.39 is 0 Å². The number of thiophene rings is 1. The number of rotatable bonds is 6. The highest BCUT2D eigenvalue weighted by molar-refractivity contribution is 7.10. The molecule has 0 spiro atoms. The third kappa shape index (κ3) is 3.45. The zero-order valence-electron chi connectivity index (χ0n) is 15.8. The van der Waals surface area contributed by atoms with Crippen molar-refractivity contribution in [2.24, 2.45) is 5.92 Å². The number of quaternary nitrogens is 1. The molecule has 1 unspecified atom stereocenters. The lowest BCUT2D eigenvalue weighted by atomic mass is 9.96. The van der Waals surface area contributed by atoms with Crippen molar-refractivity contribution in [3.8, 4) is 0 Å². The maximum Gasteiger partial charge on any atom is 0.279 e. The number of aryl methyl sites for hydroxylation is 2. The Bertz CT molecular complexity index is 771. The van der Waals surface area contributed by atoms with E-state index in [-0.39, 0.29) is 5.91 Å². The first-order valence-electron chi connectivity index (χ1n) is 10.0. The van der Waals surface area contributed by atoms with Gasteiger partial charge in [-0.05, 0) is 48.3 Å². The maximum absolute atomic E-state index is 12.9. The maximum atomic E-state index is 12.9. The standard InChI is InChI=1S/C22H28N2OS/c1-3-15-6-5-7-16(4-2)21(15)23-20(25)14-24-12-10-19-18(11-13-26-19)22(24)17-8-9-17/h5-7,11,13,17,22H,3-4,8-10,12,14H2,1-2H3,(H,23,25)/p+1/t22-/m1/s1. The lowest BCUT2D eigenvalue weighted by molar-refractivity contribution is -0.928. The third-order valence-electron chi connectivity index (χ3n) is 5.97. The van der Waals surface area contributed by atoms with Gasteiger partial charge in [-0.15, -0.1) is 11.3 Å². The van der Waals surface area contributed by atoms with E-state index in [1.807, 2.05) is 11.3 Å². The number of nitrogens with one attached hydrogen (secondary N) is 2. The predicted octanol–water partition coefficient (Wildman–Crippen LogP) is 3.40. The summed E-state index contributed by atoms with van der Waals surface area (Å²) in [6.07, 6.45) is 5.66. The van der Waals surface area contributed by atoms with Crippen LogP contribution in [0.15, 0.2) is 29.6 Å². The second-order valence-electron chi connectivity index (χ2n) is 7.66. The van der Waals surface area contributed by atoms with E-state index >= 15 is 0 Å². The molecular weight excluding hydrogens is 340 g/mol. The van der Waals surface area contributed by atoms with Crippen molar-refractivity contribution in [1.82, 2.24) is 0 Å². The summed E-state index contributed by atoms with van der Waals surface area (Å²) in [5, 5.41) is 5.50. The summed E-state index contributed by atoms with van der Waals surface area (Å²) in [7, 11) is 0. The van der Waals surface area contributed by atoms with Crippen LogP contribution in [0.3, 0.4) is 0 Å². The first-order chi connectivity index (χ1) is 12.7. The number of benzene rings is 1. The van der Waals surface area contributed by atoms with E-state index in [9.17, 15) is 4.79 Å². The highest BCUT2D eigenvalue weighted by Crippen LogP contribution is 2.42.